The first-order valence-electron chi connectivity index (χ1n) is 9.53. The van der Waals surface area contributed by atoms with Crippen LogP contribution < -0.4 is 19.1 Å². The van der Waals surface area contributed by atoms with Gasteiger partial charge in [-0.1, -0.05) is 19.1 Å². The maximum absolute atomic E-state index is 13.3. The van der Waals surface area contributed by atoms with Gasteiger partial charge in [-0.2, -0.15) is 0 Å². The SMILES string of the molecule is CCCN1C(=O)c2cccc3c(S(=O)(=O)Nc4cc(OC)ccc4OC)ccc1c23. The molecule has 7 nitrogen and oxygen atoms in total. The minimum absolute atomic E-state index is 0.0964. The van der Waals surface area contributed by atoms with Crippen molar-refractivity contribution < 1.29 is 22.7 Å². The van der Waals surface area contributed by atoms with Crippen molar-refractivity contribution in [2.75, 3.05) is 30.4 Å². The van der Waals surface area contributed by atoms with Crippen LogP contribution in [0.3, 0.4) is 0 Å². The number of hydrogen-bond acceptors (Lipinski definition) is 5. The summed E-state index contributed by atoms with van der Waals surface area (Å²) in [5.74, 6) is 0.763. The molecular weight excluding hydrogens is 404 g/mol. The van der Waals surface area contributed by atoms with Crippen LogP contribution in [0, 0.1) is 0 Å². The molecule has 0 aromatic heterocycles. The predicted octanol–water partition coefficient (Wildman–Crippen LogP) is 4.03. The normalized spacial score (nSPS) is 13.0. The topological polar surface area (TPSA) is 84.9 Å². The molecule has 1 aliphatic heterocycles. The number of anilines is 2. The monoisotopic (exact) mass is 426 g/mol. The molecule has 0 saturated carbocycles. The second-order valence-corrected chi connectivity index (χ2v) is 8.59. The lowest BCUT2D eigenvalue weighted by Crippen LogP contribution is -2.27. The molecule has 0 radical (unpaired) electrons. The van der Waals surface area contributed by atoms with Crippen LogP contribution in [0.1, 0.15) is 23.7 Å². The van der Waals surface area contributed by atoms with Crippen molar-refractivity contribution >= 4 is 38.1 Å². The lowest BCUT2D eigenvalue weighted by molar-refractivity contribution is 0.0993. The van der Waals surface area contributed by atoms with Gasteiger partial charge in [0, 0.05) is 28.9 Å². The maximum atomic E-state index is 13.3. The molecule has 0 bridgehead atoms. The van der Waals surface area contributed by atoms with Crippen molar-refractivity contribution in [3.63, 3.8) is 0 Å². The number of nitrogens with one attached hydrogen (secondary N) is 1. The highest BCUT2D eigenvalue weighted by atomic mass is 32.2. The lowest BCUT2D eigenvalue weighted by atomic mass is 10.1. The summed E-state index contributed by atoms with van der Waals surface area (Å²) in [6, 6.07) is 13.3. The van der Waals surface area contributed by atoms with Crippen LogP contribution in [0.15, 0.2) is 53.4 Å². The standard InChI is InChI=1S/C22H22N2O5S/c1-4-12-24-18-9-11-20(15-6-5-7-16(21(15)18)22(24)25)30(26,27)23-17-13-14(28-2)8-10-19(17)29-3/h5-11,13,23H,4,12H2,1-3H3. The van der Waals surface area contributed by atoms with Crippen LogP contribution in [0.2, 0.25) is 0 Å². The molecule has 0 aliphatic carbocycles. The molecule has 1 aliphatic rings. The molecule has 0 fully saturated rings. The zero-order valence-electron chi connectivity index (χ0n) is 16.9. The Morgan fingerprint density at radius 1 is 1.03 bits per heavy atom. The van der Waals surface area contributed by atoms with Crippen LogP contribution in [-0.4, -0.2) is 35.1 Å². The Balaban J connectivity index is 1.84. The average Bonchev–Trinajstić information content (AvgIpc) is 3.01. The molecule has 0 atom stereocenters. The Bertz CT molecular complexity index is 1250. The summed E-state index contributed by atoms with van der Waals surface area (Å²) in [6.07, 6.45) is 0.804. The molecule has 1 N–H and O–H groups in total. The summed E-state index contributed by atoms with van der Waals surface area (Å²) >= 11 is 0. The number of amides is 1. The highest BCUT2D eigenvalue weighted by Gasteiger charge is 2.32. The Kier molecular flexibility index (Phi) is 5.03. The van der Waals surface area contributed by atoms with E-state index < -0.39 is 10.0 Å². The summed E-state index contributed by atoms with van der Waals surface area (Å²) in [5.41, 5.74) is 1.53. The quantitative estimate of drug-likeness (QED) is 0.617. The van der Waals surface area contributed by atoms with Crippen LogP contribution in [-0.2, 0) is 10.0 Å². The molecule has 1 amide bonds. The number of benzene rings is 3. The Hall–Kier alpha value is -3.26. The predicted molar refractivity (Wildman–Crippen MR) is 116 cm³/mol. The van der Waals surface area contributed by atoms with Crippen molar-refractivity contribution in [1.82, 2.24) is 0 Å². The fraction of sp³-hybridized carbons (Fsp3) is 0.227. The zero-order valence-corrected chi connectivity index (χ0v) is 17.7. The molecule has 0 spiro atoms. The first-order chi connectivity index (χ1) is 14.4. The number of ether oxygens (including phenoxy) is 2. The number of carbonyl (C=O) groups excluding carboxylic acids is 1. The molecule has 8 heteroatoms. The first kappa shape index (κ1) is 20.0. The fourth-order valence-corrected chi connectivity index (χ4v) is 5.06. The fourth-order valence-electron chi connectivity index (χ4n) is 3.79. The van der Waals surface area contributed by atoms with E-state index in [0.29, 0.717) is 34.4 Å². The minimum atomic E-state index is -3.97. The van der Waals surface area contributed by atoms with E-state index >= 15 is 0 Å². The zero-order chi connectivity index (χ0) is 21.5. The first-order valence-corrected chi connectivity index (χ1v) is 11.0. The molecule has 1 heterocycles. The highest BCUT2D eigenvalue weighted by molar-refractivity contribution is 7.93. The van der Waals surface area contributed by atoms with E-state index in [0.717, 1.165) is 12.1 Å². The van der Waals surface area contributed by atoms with Crippen molar-refractivity contribution in [2.24, 2.45) is 0 Å². The van der Waals surface area contributed by atoms with Gasteiger partial charge >= 0.3 is 0 Å². The largest absolute Gasteiger partial charge is 0.497 e. The van der Waals surface area contributed by atoms with Crippen molar-refractivity contribution in [3.8, 4) is 11.5 Å². The Labute approximate surface area is 175 Å². The van der Waals surface area contributed by atoms with Gasteiger partial charge in [0.15, 0.2) is 0 Å². The van der Waals surface area contributed by atoms with E-state index in [1.54, 1.807) is 47.4 Å². The molecule has 3 aromatic carbocycles. The number of hydrogen-bond donors (Lipinski definition) is 1. The van der Waals surface area contributed by atoms with E-state index in [9.17, 15) is 13.2 Å². The van der Waals surface area contributed by atoms with Crippen LogP contribution in [0.5, 0.6) is 11.5 Å². The highest BCUT2D eigenvalue weighted by Crippen LogP contribution is 2.41. The average molecular weight is 426 g/mol. The van der Waals surface area contributed by atoms with Crippen molar-refractivity contribution in [3.05, 3.63) is 54.1 Å². The molecule has 30 heavy (non-hydrogen) atoms. The third-order valence-electron chi connectivity index (χ3n) is 5.13. The van der Waals surface area contributed by atoms with Crippen molar-refractivity contribution in [2.45, 2.75) is 18.2 Å². The third-order valence-corrected chi connectivity index (χ3v) is 6.56. The van der Waals surface area contributed by atoms with E-state index in [2.05, 4.69) is 4.72 Å². The van der Waals surface area contributed by atoms with Gasteiger partial charge in [0.1, 0.15) is 11.5 Å². The van der Waals surface area contributed by atoms with Gasteiger partial charge in [0.05, 0.1) is 30.5 Å². The van der Waals surface area contributed by atoms with Crippen LogP contribution in [0.25, 0.3) is 10.8 Å². The molecular formula is C22H22N2O5S. The molecule has 156 valence electrons. The number of nitrogens with zero attached hydrogens (tertiary/aromatic N) is 1. The van der Waals surface area contributed by atoms with Crippen LogP contribution >= 0.6 is 0 Å². The Morgan fingerprint density at radius 3 is 2.53 bits per heavy atom. The van der Waals surface area contributed by atoms with Gasteiger partial charge in [-0.25, -0.2) is 8.42 Å². The van der Waals surface area contributed by atoms with Gasteiger partial charge in [-0.05, 0) is 36.8 Å². The summed E-state index contributed by atoms with van der Waals surface area (Å²) < 4.78 is 39.7. The smallest absolute Gasteiger partial charge is 0.262 e. The summed E-state index contributed by atoms with van der Waals surface area (Å²) in [6.45, 7) is 2.58. The van der Waals surface area contributed by atoms with Crippen molar-refractivity contribution in [1.29, 1.82) is 0 Å². The second-order valence-electron chi connectivity index (χ2n) is 6.94. The molecule has 3 aromatic rings. The molecule has 0 unspecified atom stereocenters. The second kappa shape index (κ2) is 7.53. The summed E-state index contributed by atoms with van der Waals surface area (Å²) in [4.78, 5) is 14.6. The van der Waals surface area contributed by atoms with E-state index in [-0.39, 0.29) is 16.5 Å². The minimum Gasteiger partial charge on any atom is -0.497 e. The van der Waals surface area contributed by atoms with E-state index in [1.165, 1.54) is 20.3 Å². The molecule has 0 saturated heterocycles. The van der Waals surface area contributed by atoms with Gasteiger partial charge in [-0.15, -0.1) is 0 Å². The number of carbonyl (C=O) groups is 1. The third kappa shape index (κ3) is 3.13. The molecule has 4 rings (SSSR count). The van der Waals surface area contributed by atoms with Crippen LogP contribution in [0.4, 0.5) is 11.4 Å². The Morgan fingerprint density at radius 2 is 1.83 bits per heavy atom. The van der Waals surface area contributed by atoms with Gasteiger partial charge in [0.2, 0.25) is 0 Å². The van der Waals surface area contributed by atoms with Gasteiger partial charge in [0.25, 0.3) is 15.9 Å². The van der Waals surface area contributed by atoms with Gasteiger partial charge in [-0.3, -0.25) is 9.52 Å². The number of sulfonamides is 1. The summed E-state index contributed by atoms with van der Waals surface area (Å²) in [7, 11) is -0.999. The number of methoxy groups -OCH3 is 2. The van der Waals surface area contributed by atoms with Gasteiger partial charge < -0.3 is 14.4 Å². The lowest BCUT2D eigenvalue weighted by Gasteiger charge is -2.17. The maximum Gasteiger partial charge on any atom is 0.262 e. The summed E-state index contributed by atoms with van der Waals surface area (Å²) in [5, 5.41) is 1.17. The van der Waals surface area contributed by atoms with E-state index in [1.807, 2.05) is 6.92 Å². The number of rotatable bonds is 7. The van der Waals surface area contributed by atoms with E-state index in [4.69, 9.17) is 9.47 Å².